The van der Waals surface area contributed by atoms with Gasteiger partial charge in [-0.25, -0.2) is 4.79 Å². The second-order valence-electron chi connectivity index (χ2n) is 11.1. The van der Waals surface area contributed by atoms with E-state index in [-0.39, 0.29) is 17.5 Å². The molecule has 2 aromatic heterocycles. The fraction of sp³-hybridized carbons (Fsp3) is 0.500. The van der Waals surface area contributed by atoms with Gasteiger partial charge in [-0.15, -0.1) is 0 Å². The number of aryl methyl sites for hydroxylation is 1. The lowest BCUT2D eigenvalue weighted by molar-refractivity contribution is -0.143. The Morgan fingerprint density at radius 1 is 1.18 bits per heavy atom. The zero-order valence-electron chi connectivity index (χ0n) is 24.2. The van der Waals surface area contributed by atoms with Gasteiger partial charge in [0.1, 0.15) is 0 Å². The van der Waals surface area contributed by atoms with Gasteiger partial charge in [0.25, 0.3) is 0 Å². The van der Waals surface area contributed by atoms with Crippen LogP contribution in [0.25, 0.3) is 22.2 Å². The highest BCUT2D eigenvalue weighted by Crippen LogP contribution is 2.42. The van der Waals surface area contributed by atoms with Crippen LogP contribution in [0.3, 0.4) is 0 Å². The van der Waals surface area contributed by atoms with Gasteiger partial charge in [-0.1, -0.05) is 29.8 Å². The van der Waals surface area contributed by atoms with Crippen LogP contribution in [0.15, 0.2) is 34.9 Å². The summed E-state index contributed by atoms with van der Waals surface area (Å²) < 4.78 is 14.6. The number of amides is 1. The maximum absolute atomic E-state index is 11.6. The largest absolute Gasteiger partial charge is 0.465 e. The molecule has 0 spiro atoms. The molecule has 0 bridgehead atoms. The number of halogens is 1. The average Bonchev–Trinajstić information content (AvgIpc) is 3.22. The lowest BCUT2D eigenvalue weighted by Gasteiger charge is -2.35. The number of nitrogens with zero attached hydrogens (tertiary/aromatic N) is 4. The first kappa shape index (κ1) is 29.9. The number of hydrogen-bond acceptors (Lipinski definition) is 6. The van der Waals surface area contributed by atoms with Gasteiger partial charge in [0, 0.05) is 73.1 Å². The maximum Gasteiger partial charge on any atom is 0.407 e. The summed E-state index contributed by atoms with van der Waals surface area (Å²) in [6.45, 7) is 12.9. The van der Waals surface area contributed by atoms with Crippen LogP contribution < -0.4 is 4.90 Å². The third-order valence-corrected chi connectivity index (χ3v) is 8.07. The number of ether oxygens (including phenoxy) is 2. The molecular formula is C30H39BrN4O5. The lowest BCUT2D eigenvalue weighted by Crippen LogP contribution is -2.48. The monoisotopic (exact) mass is 614 g/mol. The summed E-state index contributed by atoms with van der Waals surface area (Å²) in [5, 5.41) is 10.5. The van der Waals surface area contributed by atoms with E-state index in [2.05, 4.69) is 70.4 Å². The van der Waals surface area contributed by atoms with Gasteiger partial charge in [-0.2, -0.15) is 0 Å². The zero-order chi connectivity index (χ0) is 29.2. The predicted molar refractivity (Wildman–Crippen MR) is 160 cm³/mol. The number of aromatic nitrogens is 2. The average molecular weight is 616 g/mol. The highest BCUT2D eigenvalue weighted by Gasteiger charge is 2.30. The smallest absolute Gasteiger partial charge is 0.407 e. The molecule has 1 aliphatic rings. The number of benzene rings is 1. The Morgan fingerprint density at radius 2 is 1.88 bits per heavy atom. The number of rotatable bonds is 9. The van der Waals surface area contributed by atoms with Gasteiger partial charge >= 0.3 is 12.1 Å². The molecule has 9 nitrogen and oxygen atoms in total. The number of methoxy groups -OCH3 is 1. The number of anilines is 1. The molecular weight excluding hydrogens is 576 g/mol. The fourth-order valence-corrected chi connectivity index (χ4v) is 5.82. The molecule has 3 heterocycles. The first-order chi connectivity index (χ1) is 19.0. The third-order valence-electron chi connectivity index (χ3n) is 7.58. The van der Waals surface area contributed by atoms with Gasteiger partial charge in [0.2, 0.25) is 0 Å². The summed E-state index contributed by atoms with van der Waals surface area (Å²) in [5.41, 5.74) is 5.81. The van der Waals surface area contributed by atoms with Gasteiger partial charge in [0.05, 0.1) is 36.0 Å². The summed E-state index contributed by atoms with van der Waals surface area (Å²) in [4.78, 5) is 31.7. The highest BCUT2D eigenvalue weighted by molar-refractivity contribution is 9.10. The molecule has 0 aliphatic carbocycles. The SMILES string of the molecule is CCn1c(-c2cc(N3CCN(C(=O)O)CC3)cnc2[C@H](C)OC)c(CC(C)(C)COC(C)=O)c2cc(Br)ccc21. The Morgan fingerprint density at radius 3 is 2.48 bits per heavy atom. The Balaban J connectivity index is 1.91. The summed E-state index contributed by atoms with van der Waals surface area (Å²) in [6.07, 6.45) is 1.41. The minimum Gasteiger partial charge on any atom is -0.465 e. The summed E-state index contributed by atoms with van der Waals surface area (Å²) in [6, 6.07) is 8.52. The number of carboxylic acid groups (broad SMARTS) is 1. The maximum atomic E-state index is 11.6. The Labute approximate surface area is 244 Å². The van der Waals surface area contributed by atoms with Crippen molar-refractivity contribution < 1.29 is 24.2 Å². The van der Waals surface area contributed by atoms with Crippen molar-refractivity contribution in [1.29, 1.82) is 0 Å². The third kappa shape index (κ3) is 6.28. The minimum atomic E-state index is -0.887. The number of fused-ring (bicyclic) bond motifs is 1. The molecule has 1 N–H and O–H groups in total. The fourth-order valence-electron chi connectivity index (χ4n) is 5.46. The molecule has 1 saturated heterocycles. The topological polar surface area (TPSA) is 97.1 Å². The molecule has 40 heavy (non-hydrogen) atoms. The molecule has 0 saturated carbocycles. The van der Waals surface area contributed by atoms with Crippen molar-refractivity contribution in [2.75, 3.05) is 44.8 Å². The van der Waals surface area contributed by atoms with Crippen LogP contribution in [-0.2, 0) is 27.2 Å². The van der Waals surface area contributed by atoms with Crippen LogP contribution in [-0.4, -0.2) is 71.5 Å². The molecule has 1 aromatic carbocycles. The molecule has 216 valence electrons. The van der Waals surface area contributed by atoms with Gasteiger partial charge < -0.3 is 28.9 Å². The van der Waals surface area contributed by atoms with Crippen LogP contribution in [0.4, 0.5) is 10.5 Å². The first-order valence-electron chi connectivity index (χ1n) is 13.7. The molecule has 1 amide bonds. The summed E-state index contributed by atoms with van der Waals surface area (Å²) in [7, 11) is 1.69. The predicted octanol–water partition coefficient (Wildman–Crippen LogP) is 6.12. The lowest BCUT2D eigenvalue weighted by atomic mass is 9.84. The van der Waals surface area contributed by atoms with Crippen LogP contribution >= 0.6 is 15.9 Å². The second kappa shape index (κ2) is 12.2. The van der Waals surface area contributed by atoms with E-state index in [0.717, 1.165) is 50.1 Å². The number of hydrogen-bond donors (Lipinski definition) is 1. The van der Waals surface area contributed by atoms with E-state index >= 15 is 0 Å². The van der Waals surface area contributed by atoms with Crippen LogP contribution in [0, 0.1) is 5.41 Å². The van der Waals surface area contributed by atoms with Crippen molar-refractivity contribution in [2.45, 2.75) is 53.7 Å². The number of pyridine rings is 1. The quantitative estimate of drug-likeness (QED) is 0.290. The number of esters is 1. The van der Waals surface area contributed by atoms with E-state index < -0.39 is 6.09 Å². The molecule has 4 rings (SSSR count). The highest BCUT2D eigenvalue weighted by atomic mass is 79.9. The summed E-state index contributed by atoms with van der Waals surface area (Å²) >= 11 is 3.67. The van der Waals surface area contributed by atoms with Gasteiger partial charge in [0.15, 0.2) is 0 Å². The minimum absolute atomic E-state index is 0.245. The normalized spacial score (nSPS) is 15.0. The number of carbonyl (C=O) groups excluding carboxylic acids is 1. The van der Waals surface area contributed by atoms with E-state index in [1.165, 1.54) is 11.8 Å². The van der Waals surface area contributed by atoms with Crippen molar-refractivity contribution >= 4 is 44.6 Å². The first-order valence-corrected chi connectivity index (χ1v) is 14.4. The Hall–Kier alpha value is -3.11. The van der Waals surface area contributed by atoms with Crippen LogP contribution in [0.5, 0.6) is 0 Å². The van der Waals surface area contributed by atoms with E-state index in [1.807, 2.05) is 13.1 Å². The Bertz CT molecular complexity index is 1390. The zero-order valence-corrected chi connectivity index (χ0v) is 25.7. The van der Waals surface area contributed by atoms with Crippen molar-refractivity contribution in [1.82, 2.24) is 14.5 Å². The molecule has 10 heteroatoms. The van der Waals surface area contributed by atoms with E-state index in [0.29, 0.717) is 39.2 Å². The van der Waals surface area contributed by atoms with E-state index in [9.17, 15) is 14.7 Å². The summed E-state index contributed by atoms with van der Waals surface area (Å²) in [5.74, 6) is -0.289. The van der Waals surface area contributed by atoms with Crippen molar-refractivity contribution in [3.63, 3.8) is 0 Å². The molecule has 0 radical (unpaired) electrons. The molecule has 1 atom stereocenters. The van der Waals surface area contributed by atoms with E-state index in [1.54, 1.807) is 7.11 Å². The van der Waals surface area contributed by atoms with E-state index in [4.69, 9.17) is 14.5 Å². The van der Waals surface area contributed by atoms with Crippen molar-refractivity contribution in [2.24, 2.45) is 5.41 Å². The van der Waals surface area contributed by atoms with Crippen LogP contribution in [0.1, 0.15) is 52.0 Å². The number of carbonyl (C=O) groups is 2. The Kier molecular flexibility index (Phi) is 9.09. The second-order valence-corrected chi connectivity index (χ2v) is 12.0. The van der Waals surface area contributed by atoms with Crippen LogP contribution in [0.2, 0.25) is 0 Å². The van der Waals surface area contributed by atoms with Gasteiger partial charge in [-0.05, 0) is 50.1 Å². The molecule has 1 fully saturated rings. The van der Waals surface area contributed by atoms with Crippen molar-refractivity contribution in [3.05, 3.63) is 46.2 Å². The standard InChI is InChI=1S/C30H39BrN4O5/c1-7-35-26-9-8-21(31)14-23(26)25(16-30(4,5)18-40-20(3)36)28(35)24-15-22(17-32-27(24)19(2)39-6)33-10-12-34(13-11-33)29(37)38/h8-9,14-15,17,19H,7,10-13,16,18H2,1-6H3,(H,37,38)/t19-/m0/s1. The molecule has 0 unspecified atom stereocenters. The van der Waals surface area contributed by atoms with Gasteiger partial charge in [-0.3, -0.25) is 9.78 Å². The molecule has 1 aliphatic heterocycles. The van der Waals surface area contributed by atoms with Crippen molar-refractivity contribution in [3.8, 4) is 11.3 Å². The molecule has 3 aromatic rings. The number of piperazine rings is 1.